The summed E-state index contributed by atoms with van der Waals surface area (Å²) in [6, 6.07) is 0. The van der Waals surface area contributed by atoms with E-state index in [1.807, 2.05) is 0 Å². The van der Waals surface area contributed by atoms with Crippen LogP contribution in [0.2, 0.25) is 0 Å². The third-order valence-corrected chi connectivity index (χ3v) is 9.95. The summed E-state index contributed by atoms with van der Waals surface area (Å²) in [6.07, 6.45) is 9.47. The summed E-state index contributed by atoms with van der Waals surface area (Å²) in [7, 11) is 0. The number of cyclic esters (lactones) is 1. The van der Waals surface area contributed by atoms with Gasteiger partial charge in [0, 0.05) is 18.1 Å². The van der Waals surface area contributed by atoms with Crippen molar-refractivity contribution in [1.82, 2.24) is 0 Å². The average molecular weight is 391 g/mol. The highest BCUT2D eigenvalue weighted by Gasteiger charge is 2.68. The average Bonchev–Trinajstić information content (AvgIpc) is 3.22. The summed E-state index contributed by atoms with van der Waals surface area (Å²) in [5.41, 5.74) is -0.0431. The Bertz CT molecular complexity index is 703. The SMILES string of the molecule is C[C@]12CC[C@H]3[C@@H](CC[C@H]4C[C@@H](O)CC[C@@]43CO)[C@@]1(O)CC[C@@H]2C1=CC(=O)OC1. The van der Waals surface area contributed by atoms with Crippen LogP contribution in [0.3, 0.4) is 0 Å². The van der Waals surface area contributed by atoms with Gasteiger partial charge in [0.1, 0.15) is 6.61 Å². The van der Waals surface area contributed by atoms with Crippen molar-refractivity contribution in [2.75, 3.05) is 13.2 Å². The topological polar surface area (TPSA) is 87.0 Å². The lowest BCUT2D eigenvalue weighted by atomic mass is 9.43. The van der Waals surface area contributed by atoms with Crippen molar-refractivity contribution in [3.63, 3.8) is 0 Å². The van der Waals surface area contributed by atoms with E-state index in [4.69, 9.17) is 4.74 Å². The highest BCUT2D eigenvalue weighted by atomic mass is 16.5. The third-order valence-electron chi connectivity index (χ3n) is 9.95. The number of hydrogen-bond acceptors (Lipinski definition) is 5. The number of ether oxygens (including phenoxy) is 1. The Morgan fingerprint density at radius 1 is 1.11 bits per heavy atom. The predicted octanol–water partition coefficient (Wildman–Crippen LogP) is 2.58. The largest absolute Gasteiger partial charge is 0.458 e. The Kier molecular flexibility index (Phi) is 4.29. The van der Waals surface area contributed by atoms with Crippen molar-refractivity contribution in [1.29, 1.82) is 0 Å². The predicted molar refractivity (Wildman–Crippen MR) is 103 cm³/mol. The van der Waals surface area contributed by atoms with Crippen LogP contribution in [0.1, 0.15) is 64.7 Å². The molecule has 4 aliphatic carbocycles. The van der Waals surface area contributed by atoms with Crippen molar-refractivity contribution in [2.45, 2.75) is 76.4 Å². The summed E-state index contributed by atoms with van der Waals surface area (Å²) in [6.45, 7) is 2.78. The Morgan fingerprint density at radius 2 is 1.93 bits per heavy atom. The Labute approximate surface area is 167 Å². The van der Waals surface area contributed by atoms with Gasteiger partial charge in [-0.05, 0) is 92.4 Å². The number of aliphatic hydroxyl groups excluding tert-OH is 2. The molecule has 0 unspecified atom stereocenters. The van der Waals surface area contributed by atoms with Gasteiger partial charge in [-0.2, -0.15) is 0 Å². The molecule has 3 N–H and O–H groups in total. The van der Waals surface area contributed by atoms with Crippen LogP contribution in [0.15, 0.2) is 11.6 Å². The molecule has 0 radical (unpaired) electrons. The fourth-order valence-corrected chi connectivity index (χ4v) is 8.49. The number of fused-ring (bicyclic) bond motifs is 5. The summed E-state index contributed by atoms with van der Waals surface area (Å²) >= 11 is 0. The molecule has 5 nitrogen and oxygen atoms in total. The van der Waals surface area contributed by atoms with Gasteiger partial charge in [0.2, 0.25) is 0 Å². The molecule has 4 fully saturated rings. The standard InChI is InChI=1S/C23H34O5/c1-21-7-5-18-19(3-2-15-11-16(25)4-8-22(15,18)13-24)23(21,27)9-6-17(21)14-10-20(26)28-12-14/h10,15-19,24-25,27H,2-9,11-13H2,1H3/t15-,16-,17+,18-,19+,21+,22+,23-/m0/s1. The van der Waals surface area contributed by atoms with E-state index in [0.29, 0.717) is 18.4 Å². The van der Waals surface area contributed by atoms with E-state index in [9.17, 15) is 20.1 Å². The maximum Gasteiger partial charge on any atom is 0.331 e. The lowest BCUT2D eigenvalue weighted by Gasteiger charge is -2.64. The zero-order valence-corrected chi connectivity index (χ0v) is 16.9. The molecule has 5 heteroatoms. The number of hydrogen-bond donors (Lipinski definition) is 3. The van der Waals surface area contributed by atoms with Crippen LogP contribution in [-0.2, 0) is 9.53 Å². The minimum atomic E-state index is -0.740. The van der Waals surface area contributed by atoms with Crippen molar-refractivity contribution in [2.24, 2.45) is 34.5 Å². The minimum absolute atomic E-state index is 0.136. The smallest absolute Gasteiger partial charge is 0.331 e. The van der Waals surface area contributed by atoms with Crippen LogP contribution in [0.4, 0.5) is 0 Å². The Balaban J connectivity index is 1.48. The highest BCUT2D eigenvalue weighted by molar-refractivity contribution is 5.85. The van der Waals surface area contributed by atoms with Gasteiger partial charge in [-0.1, -0.05) is 6.92 Å². The molecule has 4 saturated carbocycles. The Morgan fingerprint density at radius 3 is 2.64 bits per heavy atom. The van der Waals surface area contributed by atoms with Crippen LogP contribution in [0.25, 0.3) is 0 Å². The minimum Gasteiger partial charge on any atom is -0.458 e. The van der Waals surface area contributed by atoms with Crippen molar-refractivity contribution in [3.05, 3.63) is 11.6 Å². The second-order valence-electron chi connectivity index (χ2n) is 10.6. The molecule has 0 bridgehead atoms. The lowest BCUT2D eigenvalue weighted by Crippen LogP contribution is -2.63. The number of aliphatic hydroxyl groups is 3. The first-order chi connectivity index (χ1) is 13.3. The molecule has 8 atom stereocenters. The molecule has 0 aromatic rings. The molecular weight excluding hydrogens is 356 g/mol. The molecule has 5 rings (SSSR count). The molecule has 1 aliphatic heterocycles. The molecule has 5 aliphatic rings. The van der Waals surface area contributed by atoms with E-state index in [-0.39, 0.29) is 41.3 Å². The second-order valence-corrected chi connectivity index (χ2v) is 10.6. The molecule has 156 valence electrons. The van der Waals surface area contributed by atoms with Crippen molar-refractivity contribution in [3.8, 4) is 0 Å². The maximum atomic E-state index is 12.1. The summed E-state index contributed by atoms with van der Waals surface area (Å²) in [5, 5.41) is 32.8. The fraction of sp³-hybridized carbons (Fsp3) is 0.870. The van der Waals surface area contributed by atoms with Gasteiger partial charge >= 0.3 is 5.97 Å². The summed E-state index contributed by atoms with van der Waals surface area (Å²) < 4.78 is 5.19. The van der Waals surface area contributed by atoms with E-state index in [0.717, 1.165) is 63.4 Å². The summed E-state index contributed by atoms with van der Waals surface area (Å²) in [4.78, 5) is 11.6. The second kappa shape index (κ2) is 6.29. The molecule has 1 heterocycles. The van der Waals surface area contributed by atoms with E-state index < -0.39 is 5.60 Å². The van der Waals surface area contributed by atoms with Crippen molar-refractivity contribution >= 4 is 5.97 Å². The normalized spacial score (nSPS) is 53.1. The number of carbonyl (C=O) groups is 1. The van der Waals surface area contributed by atoms with Gasteiger partial charge in [0.15, 0.2) is 0 Å². The van der Waals surface area contributed by atoms with Crippen LogP contribution in [-0.4, -0.2) is 46.2 Å². The third kappa shape index (κ3) is 2.33. The number of esters is 1. The summed E-state index contributed by atoms with van der Waals surface area (Å²) in [5.74, 6) is 0.866. The van der Waals surface area contributed by atoms with E-state index >= 15 is 0 Å². The maximum absolute atomic E-state index is 12.1. The number of rotatable bonds is 2. The molecule has 0 amide bonds. The van der Waals surface area contributed by atoms with E-state index in [1.54, 1.807) is 6.08 Å². The molecular formula is C23H34O5. The van der Waals surface area contributed by atoms with E-state index in [1.165, 1.54) is 0 Å². The monoisotopic (exact) mass is 390 g/mol. The van der Waals surface area contributed by atoms with Crippen LogP contribution in [0.5, 0.6) is 0 Å². The zero-order valence-electron chi connectivity index (χ0n) is 16.9. The molecule has 28 heavy (non-hydrogen) atoms. The van der Waals surface area contributed by atoms with Gasteiger partial charge in [0.25, 0.3) is 0 Å². The van der Waals surface area contributed by atoms with Crippen molar-refractivity contribution < 1.29 is 24.9 Å². The van der Waals surface area contributed by atoms with Crippen LogP contribution >= 0.6 is 0 Å². The van der Waals surface area contributed by atoms with Gasteiger partial charge in [-0.25, -0.2) is 4.79 Å². The Hall–Kier alpha value is -0.910. The first kappa shape index (κ1) is 19.1. The van der Waals surface area contributed by atoms with E-state index in [2.05, 4.69) is 6.92 Å². The first-order valence-corrected chi connectivity index (χ1v) is 11.2. The highest BCUT2D eigenvalue weighted by Crippen LogP contribution is 2.69. The van der Waals surface area contributed by atoms with Crippen LogP contribution in [0, 0.1) is 34.5 Å². The molecule has 0 spiro atoms. The van der Waals surface area contributed by atoms with Crippen LogP contribution < -0.4 is 0 Å². The van der Waals surface area contributed by atoms with Gasteiger partial charge in [-0.3, -0.25) is 0 Å². The van der Waals surface area contributed by atoms with Gasteiger partial charge in [-0.15, -0.1) is 0 Å². The quantitative estimate of drug-likeness (QED) is 0.631. The molecule has 0 aromatic heterocycles. The first-order valence-electron chi connectivity index (χ1n) is 11.2. The molecule has 0 aromatic carbocycles. The molecule has 0 saturated heterocycles. The zero-order chi connectivity index (χ0) is 19.7. The lowest BCUT2D eigenvalue weighted by molar-refractivity contribution is -0.219. The van der Waals surface area contributed by atoms with Gasteiger partial charge in [0.05, 0.1) is 11.7 Å². The van der Waals surface area contributed by atoms with Gasteiger partial charge < -0.3 is 20.1 Å². The number of carbonyl (C=O) groups excluding carboxylic acids is 1. The fourth-order valence-electron chi connectivity index (χ4n) is 8.49.